The van der Waals surface area contributed by atoms with Gasteiger partial charge in [-0.05, 0) is 41.2 Å². The maximum atomic E-state index is 6.31. The Morgan fingerprint density at radius 1 is 1.00 bits per heavy atom. The highest BCUT2D eigenvalue weighted by molar-refractivity contribution is 9.09. The van der Waals surface area contributed by atoms with Gasteiger partial charge in [-0.15, -0.1) is 0 Å². The third-order valence-corrected chi connectivity index (χ3v) is 4.78. The fourth-order valence-electron chi connectivity index (χ4n) is 2.27. The number of alkyl halides is 1. The van der Waals surface area contributed by atoms with E-state index in [1.165, 1.54) is 16.7 Å². The SMILES string of the molecule is CCc1ccc(CC)c(C(Br)c2ccccc2Cl)c1. The van der Waals surface area contributed by atoms with Crippen LogP contribution in [0.4, 0.5) is 0 Å². The summed E-state index contributed by atoms with van der Waals surface area (Å²) in [4.78, 5) is 0.155. The van der Waals surface area contributed by atoms with Gasteiger partial charge in [0.15, 0.2) is 0 Å². The summed E-state index contributed by atoms with van der Waals surface area (Å²) in [6, 6.07) is 14.8. The minimum Gasteiger partial charge on any atom is -0.0840 e. The van der Waals surface area contributed by atoms with E-state index in [0.29, 0.717) is 0 Å². The van der Waals surface area contributed by atoms with Crippen LogP contribution in [0.15, 0.2) is 42.5 Å². The molecular formula is C17H18BrCl. The highest BCUT2D eigenvalue weighted by Gasteiger charge is 2.16. The molecule has 0 saturated heterocycles. The van der Waals surface area contributed by atoms with Gasteiger partial charge in [-0.3, -0.25) is 0 Å². The van der Waals surface area contributed by atoms with Crippen molar-refractivity contribution in [2.45, 2.75) is 31.5 Å². The molecule has 0 aromatic heterocycles. The lowest BCUT2D eigenvalue weighted by Gasteiger charge is -2.17. The van der Waals surface area contributed by atoms with Crippen molar-refractivity contribution >= 4 is 27.5 Å². The summed E-state index contributed by atoms with van der Waals surface area (Å²) >= 11 is 10.1. The van der Waals surface area contributed by atoms with Crippen LogP contribution < -0.4 is 0 Å². The molecule has 0 saturated carbocycles. The average Bonchev–Trinajstić information content (AvgIpc) is 2.46. The first kappa shape index (κ1) is 14.6. The number of rotatable bonds is 4. The maximum Gasteiger partial charge on any atom is 0.0661 e. The molecule has 0 spiro atoms. The third kappa shape index (κ3) is 3.21. The first-order valence-electron chi connectivity index (χ1n) is 6.67. The van der Waals surface area contributed by atoms with Gasteiger partial charge < -0.3 is 0 Å². The molecule has 0 aliphatic heterocycles. The zero-order valence-electron chi connectivity index (χ0n) is 11.3. The number of benzene rings is 2. The molecule has 0 heterocycles. The van der Waals surface area contributed by atoms with E-state index in [0.717, 1.165) is 23.4 Å². The van der Waals surface area contributed by atoms with E-state index >= 15 is 0 Å². The Kier molecular flexibility index (Phi) is 5.06. The van der Waals surface area contributed by atoms with Crippen molar-refractivity contribution in [1.82, 2.24) is 0 Å². The normalized spacial score (nSPS) is 12.4. The predicted molar refractivity (Wildman–Crippen MR) is 87.4 cm³/mol. The lowest BCUT2D eigenvalue weighted by atomic mass is 9.95. The van der Waals surface area contributed by atoms with E-state index in [1.807, 2.05) is 18.2 Å². The Hall–Kier alpha value is -0.790. The fraction of sp³-hybridized carbons (Fsp3) is 0.294. The molecule has 0 aliphatic rings. The molecule has 1 unspecified atom stereocenters. The second-order valence-corrected chi connectivity index (χ2v) is 5.95. The summed E-state index contributed by atoms with van der Waals surface area (Å²) in [5.74, 6) is 0. The number of halogens is 2. The van der Waals surface area contributed by atoms with Gasteiger partial charge in [0.2, 0.25) is 0 Å². The van der Waals surface area contributed by atoms with Gasteiger partial charge in [0.1, 0.15) is 0 Å². The number of hydrogen-bond donors (Lipinski definition) is 0. The predicted octanol–water partition coefficient (Wildman–Crippen LogP) is 5.95. The second-order valence-electron chi connectivity index (χ2n) is 4.62. The van der Waals surface area contributed by atoms with E-state index in [4.69, 9.17) is 11.6 Å². The highest BCUT2D eigenvalue weighted by atomic mass is 79.9. The molecule has 0 fully saturated rings. The molecular weight excluding hydrogens is 320 g/mol. The van der Waals surface area contributed by atoms with Gasteiger partial charge in [0.25, 0.3) is 0 Å². The van der Waals surface area contributed by atoms with Crippen molar-refractivity contribution in [1.29, 1.82) is 0 Å². The molecule has 0 bridgehead atoms. The molecule has 2 aromatic carbocycles. The molecule has 100 valence electrons. The monoisotopic (exact) mass is 336 g/mol. The molecule has 0 aliphatic carbocycles. The van der Waals surface area contributed by atoms with E-state index in [9.17, 15) is 0 Å². The van der Waals surface area contributed by atoms with Crippen LogP contribution in [0, 0.1) is 0 Å². The van der Waals surface area contributed by atoms with E-state index < -0.39 is 0 Å². The molecule has 19 heavy (non-hydrogen) atoms. The Morgan fingerprint density at radius 3 is 2.37 bits per heavy atom. The van der Waals surface area contributed by atoms with Gasteiger partial charge >= 0.3 is 0 Å². The molecule has 0 radical (unpaired) electrons. The van der Waals surface area contributed by atoms with Crippen LogP contribution in [0.3, 0.4) is 0 Å². The van der Waals surface area contributed by atoms with Crippen LogP contribution in [-0.2, 0) is 12.8 Å². The van der Waals surface area contributed by atoms with Crippen LogP contribution >= 0.6 is 27.5 Å². The molecule has 0 nitrogen and oxygen atoms in total. The van der Waals surface area contributed by atoms with E-state index in [-0.39, 0.29) is 4.83 Å². The fourth-order valence-corrected chi connectivity index (χ4v) is 3.47. The van der Waals surface area contributed by atoms with Crippen LogP contribution in [0.25, 0.3) is 0 Å². The first-order valence-corrected chi connectivity index (χ1v) is 7.96. The summed E-state index contributed by atoms with van der Waals surface area (Å²) < 4.78 is 0. The molecule has 2 aromatic rings. The van der Waals surface area contributed by atoms with Gasteiger partial charge in [-0.25, -0.2) is 0 Å². The zero-order chi connectivity index (χ0) is 13.8. The Bertz CT molecular complexity index is 563. The number of hydrogen-bond acceptors (Lipinski definition) is 0. The summed E-state index contributed by atoms with van der Waals surface area (Å²) in [5.41, 5.74) is 5.20. The van der Waals surface area contributed by atoms with Crippen molar-refractivity contribution in [2.24, 2.45) is 0 Å². The summed E-state index contributed by atoms with van der Waals surface area (Å²) in [7, 11) is 0. The van der Waals surface area contributed by atoms with Crippen LogP contribution in [0.5, 0.6) is 0 Å². The van der Waals surface area contributed by atoms with E-state index in [2.05, 4.69) is 54.0 Å². The van der Waals surface area contributed by atoms with Gasteiger partial charge in [0, 0.05) is 5.02 Å². The van der Waals surface area contributed by atoms with Gasteiger partial charge in [-0.2, -0.15) is 0 Å². The Labute approximate surface area is 128 Å². The summed E-state index contributed by atoms with van der Waals surface area (Å²) in [6.07, 6.45) is 2.09. The highest BCUT2D eigenvalue weighted by Crippen LogP contribution is 2.37. The maximum absolute atomic E-state index is 6.31. The quantitative estimate of drug-likeness (QED) is 0.605. The standard InChI is InChI=1S/C17H18BrCl/c1-3-12-9-10-13(4-2)15(11-12)17(18)14-7-5-6-8-16(14)19/h5-11,17H,3-4H2,1-2H3. The molecule has 0 N–H and O–H groups in total. The van der Waals surface area contributed by atoms with Gasteiger partial charge in [0.05, 0.1) is 4.83 Å². The lowest BCUT2D eigenvalue weighted by Crippen LogP contribution is -2.00. The lowest BCUT2D eigenvalue weighted by molar-refractivity contribution is 1.03. The Balaban J connectivity index is 2.48. The van der Waals surface area contributed by atoms with Crippen LogP contribution in [-0.4, -0.2) is 0 Å². The topological polar surface area (TPSA) is 0 Å². The van der Waals surface area contributed by atoms with Crippen LogP contribution in [0.1, 0.15) is 40.9 Å². The molecule has 2 rings (SSSR count). The van der Waals surface area contributed by atoms with Crippen LogP contribution in [0.2, 0.25) is 5.02 Å². The second kappa shape index (κ2) is 6.58. The minimum atomic E-state index is 0.155. The average molecular weight is 338 g/mol. The largest absolute Gasteiger partial charge is 0.0840 e. The van der Waals surface area contributed by atoms with Crippen molar-refractivity contribution in [3.63, 3.8) is 0 Å². The molecule has 0 amide bonds. The van der Waals surface area contributed by atoms with Crippen molar-refractivity contribution in [3.05, 3.63) is 69.7 Å². The third-order valence-electron chi connectivity index (χ3n) is 3.45. The van der Waals surface area contributed by atoms with Crippen molar-refractivity contribution in [3.8, 4) is 0 Å². The van der Waals surface area contributed by atoms with E-state index in [1.54, 1.807) is 0 Å². The minimum absolute atomic E-state index is 0.155. The first-order chi connectivity index (χ1) is 9.17. The number of aryl methyl sites for hydroxylation is 2. The zero-order valence-corrected chi connectivity index (χ0v) is 13.6. The molecule has 1 atom stereocenters. The summed E-state index contributed by atoms with van der Waals surface area (Å²) in [6.45, 7) is 4.38. The summed E-state index contributed by atoms with van der Waals surface area (Å²) in [5, 5.41) is 0.813. The smallest absolute Gasteiger partial charge is 0.0661 e. The Morgan fingerprint density at radius 2 is 1.74 bits per heavy atom. The van der Waals surface area contributed by atoms with Gasteiger partial charge in [-0.1, -0.05) is 77.8 Å². The molecule has 2 heteroatoms. The van der Waals surface area contributed by atoms with Crippen molar-refractivity contribution in [2.75, 3.05) is 0 Å². The van der Waals surface area contributed by atoms with Crippen molar-refractivity contribution < 1.29 is 0 Å².